The molecule has 6 heteroatoms. The molecule has 0 saturated heterocycles. The summed E-state index contributed by atoms with van der Waals surface area (Å²) in [5.74, 6) is -1.01. The van der Waals surface area contributed by atoms with Gasteiger partial charge in [-0.05, 0) is 19.1 Å². The summed E-state index contributed by atoms with van der Waals surface area (Å²) < 4.78 is 53.5. The van der Waals surface area contributed by atoms with Crippen LogP contribution in [0.25, 0.3) is 0 Å². The third-order valence-corrected chi connectivity index (χ3v) is 1.74. The van der Waals surface area contributed by atoms with E-state index in [0.717, 1.165) is 25.1 Å². The molecule has 0 spiro atoms. The maximum atomic E-state index is 12.7. The Morgan fingerprint density at radius 1 is 1.33 bits per heavy atom. The standard InChI is InChI=1S/C9H9F4NO/c1-5(9(11,12)13)15-8-4-6(10)2-3-7(8)14/h2-5H,14H2,1H3/t5-/m1/s1. The molecule has 0 radical (unpaired) electrons. The Balaban J connectivity index is 2.85. The number of nitrogen functional groups attached to an aromatic ring is 1. The molecule has 0 fully saturated rings. The molecule has 0 aliphatic carbocycles. The monoisotopic (exact) mass is 223 g/mol. The summed E-state index contributed by atoms with van der Waals surface area (Å²) in [7, 11) is 0. The van der Waals surface area contributed by atoms with Crippen LogP contribution in [0.4, 0.5) is 23.2 Å². The van der Waals surface area contributed by atoms with Gasteiger partial charge in [0.25, 0.3) is 0 Å². The fourth-order valence-corrected chi connectivity index (χ4v) is 0.868. The summed E-state index contributed by atoms with van der Waals surface area (Å²) in [5.41, 5.74) is 5.29. The molecule has 0 aliphatic heterocycles. The number of halogens is 4. The Bertz CT molecular complexity index is 350. The number of ether oxygens (including phenoxy) is 1. The van der Waals surface area contributed by atoms with Crippen molar-refractivity contribution in [2.45, 2.75) is 19.2 Å². The van der Waals surface area contributed by atoms with Gasteiger partial charge in [-0.1, -0.05) is 0 Å². The molecule has 2 nitrogen and oxygen atoms in total. The van der Waals surface area contributed by atoms with E-state index < -0.39 is 18.1 Å². The zero-order valence-electron chi connectivity index (χ0n) is 7.81. The lowest BCUT2D eigenvalue weighted by Crippen LogP contribution is -2.31. The van der Waals surface area contributed by atoms with Crippen LogP contribution in [0, 0.1) is 5.82 Å². The molecule has 0 unspecified atom stereocenters. The highest BCUT2D eigenvalue weighted by molar-refractivity contribution is 5.52. The first kappa shape index (κ1) is 11.6. The zero-order chi connectivity index (χ0) is 11.6. The van der Waals surface area contributed by atoms with E-state index in [1.807, 2.05) is 0 Å². The molecule has 0 bridgehead atoms. The number of hydrogen-bond acceptors (Lipinski definition) is 2. The molecule has 0 aliphatic rings. The summed E-state index contributed by atoms with van der Waals surface area (Å²) >= 11 is 0. The van der Waals surface area contributed by atoms with Gasteiger partial charge in [0.15, 0.2) is 6.10 Å². The minimum Gasteiger partial charge on any atom is -0.479 e. The highest BCUT2D eigenvalue weighted by atomic mass is 19.4. The lowest BCUT2D eigenvalue weighted by Gasteiger charge is -2.18. The maximum absolute atomic E-state index is 12.7. The number of anilines is 1. The highest BCUT2D eigenvalue weighted by Crippen LogP contribution is 2.28. The summed E-state index contributed by atoms with van der Waals surface area (Å²) in [5, 5.41) is 0. The van der Waals surface area contributed by atoms with Gasteiger partial charge in [-0.25, -0.2) is 4.39 Å². The van der Waals surface area contributed by atoms with E-state index >= 15 is 0 Å². The molecule has 0 heterocycles. The van der Waals surface area contributed by atoms with Gasteiger partial charge in [-0.2, -0.15) is 13.2 Å². The molecule has 0 amide bonds. The van der Waals surface area contributed by atoms with Crippen LogP contribution >= 0.6 is 0 Å². The van der Waals surface area contributed by atoms with E-state index in [4.69, 9.17) is 5.73 Å². The molecule has 84 valence electrons. The van der Waals surface area contributed by atoms with Gasteiger partial charge in [0.05, 0.1) is 5.69 Å². The maximum Gasteiger partial charge on any atom is 0.425 e. The summed E-state index contributed by atoms with van der Waals surface area (Å²) in [4.78, 5) is 0. The number of nitrogens with two attached hydrogens (primary N) is 1. The van der Waals surface area contributed by atoms with Gasteiger partial charge in [-0.15, -0.1) is 0 Å². The van der Waals surface area contributed by atoms with Crippen LogP contribution in [-0.4, -0.2) is 12.3 Å². The van der Waals surface area contributed by atoms with Gasteiger partial charge >= 0.3 is 6.18 Å². The Morgan fingerprint density at radius 2 is 1.93 bits per heavy atom. The Hall–Kier alpha value is -1.46. The second-order valence-corrected chi connectivity index (χ2v) is 2.98. The molecular formula is C9H9F4NO. The molecule has 1 rings (SSSR count). The smallest absolute Gasteiger partial charge is 0.425 e. The molecule has 1 atom stereocenters. The normalized spacial score (nSPS) is 13.7. The number of benzene rings is 1. The van der Waals surface area contributed by atoms with Crippen LogP contribution in [0.1, 0.15) is 6.92 Å². The average Bonchev–Trinajstić information content (AvgIpc) is 2.09. The van der Waals surface area contributed by atoms with E-state index in [0.29, 0.717) is 0 Å². The largest absolute Gasteiger partial charge is 0.479 e. The number of hydrogen-bond donors (Lipinski definition) is 1. The van der Waals surface area contributed by atoms with Crippen LogP contribution in [0.2, 0.25) is 0 Å². The first-order valence-electron chi connectivity index (χ1n) is 4.09. The third kappa shape index (κ3) is 3.00. The lowest BCUT2D eigenvalue weighted by molar-refractivity contribution is -0.189. The Labute approximate surface area is 83.6 Å². The van der Waals surface area contributed by atoms with Crippen molar-refractivity contribution in [1.29, 1.82) is 0 Å². The van der Waals surface area contributed by atoms with Crippen LogP contribution in [0.3, 0.4) is 0 Å². The zero-order valence-corrected chi connectivity index (χ0v) is 7.81. The van der Waals surface area contributed by atoms with Crippen LogP contribution in [-0.2, 0) is 0 Å². The molecule has 0 aromatic heterocycles. The SMILES string of the molecule is C[C@@H](Oc1cc(F)ccc1N)C(F)(F)F. The fraction of sp³-hybridized carbons (Fsp3) is 0.333. The first-order valence-corrected chi connectivity index (χ1v) is 4.09. The predicted molar refractivity (Wildman–Crippen MR) is 47.0 cm³/mol. The van der Waals surface area contributed by atoms with Crippen molar-refractivity contribution in [3.05, 3.63) is 24.0 Å². The summed E-state index contributed by atoms with van der Waals surface area (Å²) in [6.07, 6.45) is -6.53. The summed E-state index contributed by atoms with van der Waals surface area (Å²) in [6, 6.07) is 3.01. The van der Waals surface area contributed by atoms with E-state index in [1.165, 1.54) is 0 Å². The second kappa shape index (κ2) is 3.96. The van der Waals surface area contributed by atoms with Crippen molar-refractivity contribution in [3.8, 4) is 5.75 Å². The van der Waals surface area contributed by atoms with Crippen LogP contribution < -0.4 is 10.5 Å². The topological polar surface area (TPSA) is 35.2 Å². The van der Waals surface area contributed by atoms with E-state index in [-0.39, 0.29) is 11.4 Å². The Morgan fingerprint density at radius 3 is 2.47 bits per heavy atom. The van der Waals surface area contributed by atoms with E-state index in [9.17, 15) is 17.6 Å². The van der Waals surface area contributed by atoms with Crippen molar-refractivity contribution in [1.82, 2.24) is 0 Å². The molecule has 15 heavy (non-hydrogen) atoms. The number of rotatable bonds is 2. The molecule has 2 N–H and O–H groups in total. The van der Waals surface area contributed by atoms with Crippen LogP contribution in [0.15, 0.2) is 18.2 Å². The third-order valence-electron chi connectivity index (χ3n) is 1.74. The van der Waals surface area contributed by atoms with Crippen molar-refractivity contribution in [2.24, 2.45) is 0 Å². The Kier molecular flexibility index (Phi) is 3.06. The van der Waals surface area contributed by atoms with Crippen molar-refractivity contribution < 1.29 is 22.3 Å². The van der Waals surface area contributed by atoms with Crippen molar-refractivity contribution in [2.75, 3.05) is 5.73 Å². The minimum absolute atomic E-state index is 0.0347. The molecule has 0 saturated carbocycles. The summed E-state index contributed by atoms with van der Waals surface area (Å²) in [6.45, 7) is 0.824. The average molecular weight is 223 g/mol. The minimum atomic E-state index is -4.50. The van der Waals surface area contributed by atoms with Crippen molar-refractivity contribution >= 4 is 5.69 Å². The van der Waals surface area contributed by atoms with Gasteiger partial charge in [0, 0.05) is 6.07 Å². The molecule has 1 aromatic carbocycles. The lowest BCUT2D eigenvalue weighted by atomic mass is 10.3. The van der Waals surface area contributed by atoms with Gasteiger partial charge in [0.1, 0.15) is 11.6 Å². The molecular weight excluding hydrogens is 214 g/mol. The second-order valence-electron chi connectivity index (χ2n) is 2.98. The van der Waals surface area contributed by atoms with Gasteiger partial charge < -0.3 is 10.5 Å². The fourth-order valence-electron chi connectivity index (χ4n) is 0.868. The van der Waals surface area contributed by atoms with Crippen LogP contribution in [0.5, 0.6) is 5.75 Å². The van der Waals surface area contributed by atoms with E-state index in [2.05, 4.69) is 4.74 Å². The van der Waals surface area contributed by atoms with Crippen molar-refractivity contribution in [3.63, 3.8) is 0 Å². The van der Waals surface area contributed by atoms with Gasteiger partial charge in [-0.3, -0.25) is 0 Å². The number of alkyl halides is 3. The first-order chi connectivity index (χ1) is 6.80. The molecule has 1 aromatic rings. The van der Waals surface area contributed by atoms with E-state index in [1.54, 1.807) is 0 Å². The highest BCUT2D eigenvalue weighted by Gasteiger charge is 2.38. The quantitative estimate of drug-likeness (QED) is 0.618. The predicted octanol–water partition coefficient (Wildman–Crippen LogP) is 2.74. The van der Waals surface area contributed by atoms with Gasteiger partial charge in [0.2, 0.25) is 0 Å².